The zero-order valence-corrected chi connectivity index (χ0v) is 19.7. The van der Waals surface area contributed by atoms with E-state index >= 15 is 0 Å². The SMILES string of the molecule is C[C@H]1O[C@@H](N)c2c1cnc1ccc(C(=O)N(Cc3ccc(C#N)cn3)CC3CCC(O)CC3)cc21. The number of aromatic nitrogens is 2. The van der Waals surface area contributed by atoms with Gasteiger partial charge in [0.1, 0.15) is 12.3 Å². The molecule has 0 radical (unpaired) electrons. The molecule has 3 heterocycles. The second-order valence-electron chi connectivity index (χ2n) is 9.57. The molecule has 1 aliphatic heterocycles. The number of hydrogen-bond acceptors (Lipinski definition) is 7. The minimum Gasteiger partial charge on any atom is -0.393 e. The number of hydrogen-bond donors (Lipinski definition) is 2. The van der Waals surface area contributed by atoms with Crippen molar-refractivity contribution in [2.45, 2.75) is 57.6 Å². The molecular formula is C27H29N5O3. The standard InChI is InChI=1S/C27H29N5O3/c1-16-23-13-31-24-9-5-19(10-22(24)25(23)26(29)35-16)27(34)32(14-17-3-7-21(33)8-4-17)15-20-6-2-18(11-28)12-30-20/h2,5-6,9-10,12-13,16-17,21,26,33H,3-4,7-8,14-15,29H2,1H3/t16-,17?,21?,26-/m1/s1. The first-order chi connectivity index (χ1) is 16.9. The molecule has 0 saturated heterocycles. The maximum absolute atomic E-state index is 13.8. The van der Waals surface area contributed by atoms with Crippen LogP contribution in [0.3, 0.4) is 0 Å². The lowest BCUT2D eigenvalue weighted by Crippen LogP contribution is -2.37. The van der Waals surface area contributed by atoms with Crippen LogP contribution in [-0.4, -0.2) is 38.5 Å². The van der Waals surface area contributed by atoms with Crippen LogP contribution in [0, 0.1) is 17.2 Å². The number of nitriles is 1. The lowest BCUT2D eigenvalue weighted by atomic mass is 9.87. The van der Waals surface area contributed by atoms with Crippen molar-refractivity contribution in [2.24, 2.45) is 11.7 Å². The lowest BCUT2D eigenvalue weighted by Gasteiger charge is -2.31. The molecule has 35 heavy (non-hydrogen) atoms. The molecule has 1 aliphatic carbocycles. The van der Waals surface area contributed by atoms with Gasteiger partial charge in [-0.2, -0.15) is 5.26 Å². The van der Waals surface area contributed by atoms with E-state index in [9.17, 15) is 9.90 Å². The van der Waals surface area contributed by atoms with Crippen LogP contribution in [0.4, 0.5) is 0 Å². The van der Waals surface area contributed by atoms with Gasteiger partial charge < -0.3 is 20.5 Å². The molecule has 3 aromatic rings. The summed E-state index contributed by atoms with van der Waals surface area (Å²) in [5.74, 6) is 0.220. The molecule has 3 N–H and O–H groups in total. The summed E-state index contributed by atoms with van der Waals surface area (Å²) >= 11 is 0. The van der Waals surface area contributed by atoms with Crippen molar-refractivity contribution in [3.05, 3.63) is 70.7 Å². The highest BCUT2D eigenvalue weighted by atomic mass is 16.5. The van der Waals surface area contributed by atoms with Crippen molar-refractivity contribution in [3.8, 4) is 6.07 Å². The number of pyridine rings is 2. The smallest absolute Gasteiger partial charge is 0.254 e. The molecule has 0 unspecified atom stereocenters. The van der Waals surface area contributed by atoms with Gasteiger partial charge in [0, 0.05) is 41.0 Å². The number of rotatable bonds is 5. The van der Waals surface area contributed by atoms with Gasteiger partial charge in [-0.05, 0) is 68.9 Å². The fourth-order valence-corrected chi connectivity index (χ4v) is 5.18. The first-order valence-corrected chi connectivity index (χ1v) is 12.1. The monoisotopic (exact) mass is 471 g/mol. The third-order valence-electron chi connectivity index (χ3n) is 7.15. The van der Waals surface area contributed by atoms with Crippen LogP contribution < -0.4 is 5.73 Å². The molecule has 2 aromatic heterocycles. The Balaban J connectivity index is 1.47. The number of benzene rings is 1. The Morgan fingerprint density at radius 2 is 2.00 bits per heavy atom. The van der Waals surface area contributed by atoms with Crippen LogP contribution in [0.1, 0.15) is 77.7 Å². The number of nitrogens with two attached hydrogens (primary N) is 1. The summed E-state index contributed by atoms with van der Waals surface area (Å²) in [6.07, 6.45) is 5.66. The van der Waals surface area contributed by atoms with Crippen molar-refractivity contribution in [3.63, 3.8) is 0 Å². The van der Waals surface area contributed by atoms with Crippen LogP contribution in [-0.2, 0) is 11.3 Å². The Morgan fingerprint density at radius 1 is 1.20 bits per heavy atom. The number of ether oxygens (including phenoxy) is 1. The van der Waals surface area contributed by atoms with Crippen molar-refractivity contribution >= 4 is 16.8 Å². The van der Waals surface area contributed by atoms with Gasteiger partial charge in [0.15, 0.2) is 0 Å². The lowest BCUT2D eigenvalue weighted by molar-refractivity contribution is 0.0263. The predicted octanol–water partition coefficient (Wildman–Crippen LogP) is 3.74. The van der Waals surface area contributed by atoms with Gasteiger partial charge in [-0.3, -0.25) is 14.8 Å². The highest BCUT2D eigenvalue weighted by Gasteiger charge is 2.30. The van der Waals surface area contributed by atoms with Gasteiger partial charge in [-0.1, -0.05) is 0 Å². The van der Waals surface area contributed by atoms with E-state index in [1.54, 1.807) is 24.4 Å². The first-order valence-electron chi connectivity index (χ1n) is 12.1. The number of carbonyl (C=O) groups excluding carboxylic acids is 1. The van der Waals surface area contributed by atoms with E-state index in [4.69, 9.17) is 15.7 Å². The molecular weight excluding hydrogens is 442 g/mol. The first kappa shape index (κ1) is 23.4. The van der Waals surface area contributed by atoms with Crippen LogP contribution in [0.15, 0.2) is 42.7 Å². The third kappa shape index (κ3) is 4.76. The van der Waals surface area contributed by atoms with Gasteiger partial charge in [0.05, 0.1) is 35.5 Å². The molecule has 2 atom stereocenters. The predicted molar refractivity (Wildman–Crippen MR) is 130 cm³/mol. The van der Waals surface area contributed by atoms with Gasteiger partial charge in [-0.25, -0.2) is 0 Å². The maximum atomic E-state index is 13.8. The largest absolute Gasteiger partial charge is 0.393 e. The molecule has 1 amide bonds. The fraction of sp³-hybridized carbons (Fsp3) is 0.407. The molecule has 8 nitrogen and oxygen atoms in total. The van der Waals surface area contributed by atoms with Gasteiger partial charge in [0.25, 0.3) is 5.91 Å². The molecule has 8 heteroatoms. The summed E-state index contributed by atoms with van der Waals surface area (Å²) in [5, 5.41) is 19.8. The Labute approximate surface area is 204 Å². The van der Waals surface area contributed by atoms with Crippen LogP contribution in [0.2, 0.25) is 0 Å². The molecule has 5 rings (SSSR count). The summed E-state index contributed by atoms with van der Waals surface area (Å²) < 4.78 is 5.79. The second-order valence-corrected chi connectivity index (χ2v) is 9.57. The molecule has 2 aliphatic rings. The van der Waals surface area contributed by atoms with Crippen LogP contribution in [0.25, 0.3) is 10.9 Å². The molecule has 1 aromatic carbocycles. The van der Waals surface area contributed by atoms with Crippen molar-refractivity contribution in [2.75, 3.05) is 6.54 Å². The zero-order chi connectivity index (χ0) is 24.5. The van der Waals surface area contributed by atoms with Gasteiger partial charge in [-0.15, -0.1) is 0 Å². The third-order valence-corrected chi connectivity index (χ3v) is 7.15. The van der Waals surface area contributed by atoms with E-state index in [2.05, 4.69) is 16.0 Å². The maximum Gasteiger partial charge on any atom is 0.254 e. The quantitative estimate of drug-likeness (QED) is 0.580. The van der Waals surface area contributed by atoms with E-state index < -0.39 is 6.23 Å². The second kappa shape index (κ2) is 9.70. The molecule has 0 spiro atoms. The number of amides is 1. The summed E-state index contributed by atoms with van der Waals surface area (Å²) in [5.41, 5.74) is 10.6. The van der Waals surface area contributed by atoms with E-state index in [-0.39, 0.29) is 18.1 Å². The number of carbonyl (C=O) groups is 1. The highest BCUT2D eigenvalue weighted by Crippen LogP contribution is 2.39. The van der Waals surface area contributed by atoms with Crippen molar-refractivity contribution < 1.29 is 14.6 Å². The number of aliphatic hydroxyl groups excluding tert-OH is 1. The summed E-state index contributed by atoms with van der Waals surface area (Å²) in [4.78, 5) is 24.6. The van der Waals surface area contributed by atoms with E-state index in [1.807, 2.05) is 24.0 Å². The molecule has 180 valence electrons. The Hall–Kier alpha value is -3.38. The Kier molecular flexibility index (Phi) is 6.48. The Morgan fingerprint density at radius 3 is 2.71 bits per heavy atom. The molecule has 0 bridgehead atoms. The molecule has 1 saturated carbocycles. The van der Waals surface area contributed by atoms with Crippen LogP contribution >= 0.6 is 0 Å². The van der Waals surface area contributed by atoms with Gasteiger partial charge >= 0.3 is 0 Å². The zero-order valence-electron chi connectivity index (χ0n) is 19.7. The summed E-state index contributed by atoms with van der Waals surface area (Å²) in [6.45, 7) is 2.87. The normalized spacial score (nSPS) is 23.6. The average Bonchev–Trinajstić information content (AvgIpc) is 3.18. The summed E-state index contributed by atoms with van der Waals surface area (Å²) in [7, 11) is 0. The van der Waals surface area contributed by atoms with E-state index in [1.165, 1.54) is 6.20 Å². The van der Waals surface area contributed by atoms with E-state index in [0.717, 1.165) is 53.4 Å². The van der Waals surface area contributed by atoms with Crippen molar-refractivity contribution in [1.29, 1.82) is 5.26 Å². The number of aliphatic hydroxyl groups is 1. The number of nitrogens with zero attached hydrogens (tertiary/aromatic N) is 4. The Bertz CT molecular complexity index is 1280. The van der Waals surface area contributed by atoms with Crippen molar-refractivity contribution in [1.82, 2.24) is 14.9 Å². The summed E-state index contributed by atoms with van der Waals surface area (Å²) in [6, 6.07) is 11.1. The van der Waals surface area contributed by atoms with E-state index in [0.29, 0.717) is 30.1 Å². The number of fused-ring (bicyclic) bond motifs is 3. The average molecular weight is 472 g/mol. The molecule has 1 fully saturated rings. The minimum absolute atomic E-state index is 0.0951. The minimum atomic E-state index is -0.552. The fourth-order valence-electron chi connectivity index (χ4n) is 5.18. The highest BCUT2D eigenvalue weighted by molar-refractivity contribution is 5.99. The van der Waals surface area contributed by atoms with Gasteiger partial charge in [0.2, 0.25) is 0 Å². The van der Waals surface area contributed by atoms with Crippen LogP contribution in [0.5, 0.6) is 0 Å². The topological polar surface area (TPSA) is 125 Å².